The van der Waals surface area contributed by atoms with Crippen LogP contribution in [0.3, 0.4) is 0 Å². The molecule has 1 aliphatic rings. The Morgan fingerprint density at radius 3 is 2.82 bits per heavy atom. The van der Waals surface area contributed by atoms with Gasteiger partial charge in [0.2, 0.25) is 0 Å². The van der Waals surface area contributed by atoms with Crippen LogP contribution in [0.1, 0.15) is 19.3 Å². The number of anilines is 2. The number of guanidine groups is 1. The first kappa shape index (κ1) is 20.2. The molecule has 7 nitrogen and oxygen atoms in total. The van der Waals surface area contributed by atoms with Gasteiger partial charge in [0.15, 0.2) is 5.96 Å². The van der Waals surface area contributed by atoms with Crippen molar-refractivity contribution >= 4 is 29.2 Å². The maximum absolute atomic E-state index is 6.26. The second kappa shape index (κ2) is 10.7. The third-order valence-corrected chi connectivity index (χ3v) is 4.95. The molecule has 3 rings (SSSR count). The van der Waals surface area contributed by atoms with Crippen molar-refractivity contribution in [2.24, 2.45) is 4.99 Å². The fourth-order valence-corrected chi connectivity index (χ4v) is 3.45. The largest absolute Gasteiger partial charge is 0.370 e. The summed E-state index contributed by atoms with van der Waals surface area (Å²) in [6, 6.07) is 9.95. The highest BCUT2D eigenvalue weighted by Gasteiger charge is 2.25. The molecule has 0 saturated carbocycles. The van der Waals surface area contributed by atoms with Gasteiger partial charge in [-0.05, 0) is 43.5 Å². The maximum Gasteiger partial charge on any atom is 0.191 e. The Hall–Kier alpha value is -2.54. The van der Waals surface area contributed by atoms with Crippen molar-refractivity contribution in [3.05, 3.63) is 47.7 Å². The fourth-order valence-electron chi connectivity index (χ4n) is 3.21. The number of halogens is 1. The quantitative estimate of drug-likeness (QED) is 0.358. The zero-order chi connectivity index (χ0) is 19.6. The molecule has 0 bridgehead atoms. The summed E-state index contributed by atoms with van der Waals surface area (Å²) in [5.74, 6) is 2.63. The number of nitrogens with one attached hydrogen (secondary N) is 3. The molecule has 0 spiro atoms. The van der Waals surface area contributed by atoms with E-state index in [1.165, 1.54) is 0 Å². The number of hydrogen-bond acceptors (Lipinski definition) is 5. The van der Waals surface area contributed by atoms with Crippen molar-refractivity contribution in [1.29, 1.82) is 0 Å². The summed E-state index contributed by atoms with van der Waals surface area (Å²) in [4.78, 5) is 15.2. The Balaban J connectivity index is 1.33. The highest BCUT2D eigenvalue weighted by molar-refractivity contribution is 6.32. The summed E-state index contributed by atoms with van der Waals surface area (Å²) in [5.41, 5.74) is 0. The molecule has 2 aromatic rings. The summed E-state index contributed by atoms with van der Waals surface area (Å²) in [5, 5.41) is 10.9. The molecule has 1 atom stereocenters. The van der Waals surface area contributed by atoms with E-state index >= 15 is 0 Å². The number of rotatable bonds is 8. The number of nitrogens with zero attached hydrogens (tertiary/aromatic N) is 4. The van der Waals surface area contributed by atoms with Gasteiger partial charge in [-0.1, -0.05) is 17.7 Å². The van der Waals surface area contributed by atoms with Gasteiger partial charge < -0.3 is 20.9 Å². The van der Waals surface area contributed by atoms with Gasteiger partial charge in [-0.3, -0.25) is 4.99 Å². The Morgan fingerprint density at radius 2 is 2.04 bits per heavy atom. The average Bonchev–Trinajstić information content (AvgIpc) is 3.19. The molecule has 3 N–H and O–H groups in total. The molecule has 0 radical (unpaired) electrons. The highest BCUT2D eigenvalue weighted by atomic mass is 35.5. The summed E-state index contributed by atoms with van der Waals surface area (Å²) in [7, 11) is 1.81. The zero-order valence-electron chi connectivity index (χ0n) is 16.2. The van der Waals surface area contributed by atoms with Crippen molar-refractivity contribution in [2.75, 3.05) is 43.4 Å². The van der Waals surface area contributed by atoms with Crippen LogP contribution >= 0.6 is 11.6 Å². The van der Waals surface area contributed by atoms with Crippen LogP contribution in [0.25, 0.3) is 0 Å². The minimum Gasteiger partial charge on any atom is -0.370 e. The molecule has 0 amide bonds. The average molecular weight is 402 g/mol. The molecule has 3 heterocycles. The van der Waals surface area contributed by atoms with E-state index in [1.807, 2.05) is 30.3 Å². The molecule has 1 unspecified atom stereocenters. The smallest absolute Gasteiger partial charge is 0.191 e. The molecule has 28 heavy (non-hydrogen) atoms. The van der Waals surface area contributed by atoms with E-state index in [4.69, 9.17) is 11.6 Å². The third kappa shape index (κ3) is 5.99. The molecular weight excluding hydrogens is 374 g/mol. The minimum absolute atomic E-state index is 0.329. The Bertz CT molecular complexity index is 753. The first-order valence-corrected chi connectivity index (χ1v) is 10.1. The number of hydrogen-bond donors (Lipinski definition) is 3. The highest BCUT2D eigenvalue weighted by Crippen LogP contribution is 2.25. The lowest BCUT2D eigenvalue weighted by Crippen LogP contribution is -2.45. The van der Waals surface area contributed by atoms with E-state index in [2.05, 4.69) is 35.8 Å². The predicted molar refractivity (Wildman–Crippen MR) is 116 cm³/mol. The summed E-state index contributed by atoms with van der Waals surface area (Å²) < 4.78 is 0. The fraction of sp³-hybridized carbons (Fsp3) is 0.450. The van der Waals surface area contributed by atoms with Crippen LogP contribution in [0.2, 0.25) is 5.02 Å². The first-order chi connectivity index (χ1) is 13.8. The van der Waals surface area contributed by atoms with Crippen molar-refractivity contribution < 1.29 is 0 Å². The van der Waals surface area contributed by atoms with Crippen LogP contribution in [0.15, 0.2) is 47.7 Å². The number of unbranched alkanes of at least 4 members (excludes halogenated alkanes) is 1. The van der Waals surface area contributed by atoms with Crippen molar-refractivity contribution in [3.8, 4) is 0 Å². The van der Waals surface area contributed by atoms with E-state index in [-0.39, 0.29) is 0 Å². The normalized spacial score (nSPS) is 16.9. The van der Waals surface area contributed by atoms with Crippen molar-refractivity contribution in [3.63, 3.8) is 0 Å². The van der Waals surface area contributed by atoms with Gasteiger partial charge in [0, 0.05) is 51.7 Å². The number of pyridine rings is 2. The monoisotopic (exact) mass is 401 g/mol. The van der Waals surface area contributed by atoms with Crippen LogP contribution in [0.4, 0.5) is 11.6 Å². The second-order valence-electron chi connectivity index (χ2n) is 6.73. The van der Waals surface area contributed by atoms with Crippen molar-refractivity contribution in [1.82, 2.24) is 20.6 Å². The molecule has 150 valence electrons. The van der Waals surface area contributed by atoms with Crippen LogP contribution < -0.4 is 20.9 Å². The first-order valence-electron chi connectivity index (χ1n) is 9.74. The summed E-state index contributed by atoms with van der Waals surface area (Å²) in [6.45, 7) is 3.59. The van der Waals surface area contributed by atoms with E-state index in [1.54, 1.807) is 19.4 Å². The molecule has 0 aromatic carbocycles. The predicted octanol–water partition coefficient (Wildman–Crippen LogP) is 2.77. The Kier molecular flexibility index (Phi) is 7.72. The number of aromatic nitrogens is 2. The van der Waals surface area contributed by atoms with Crippen LogP contribution in [0, 0.1) is 0 Å². The molecule has 1 fully saturated rings. The van der Waals surface area contributed by atoms with Gasteiger partial charge in [0.05, 0.1) is 5.02 Å². The van der Waals surface area contributed by atoms with E-state index in [0.29, 0.717) is 11.1 Å². The maximum atomic E-state index is 6.26. The lowest BCUT2D eigenvalue weighted by atomic mass is 10.2. The van der Waals surface area contributed by atoms with Gasteiger partial charge >= 0.3 is 0 Å². The van der Waals surface area contributed by atoms with Gasteiger partial charge in [0.25, 0.3) is 0 Å². The van der Waals surface area contributed by atoms with Gasteiger partial charge in [-0.2, -0.15) is 0 Å². The van der Waals surface area contributed by atoms with Gasteiger partial charge in [-0.25, -0.2) is 9.97 Å². The van der Waals surface area contributed by atoms with E-state index < -0.39 is 0 Å². The Labute approximate surface area is 171 Å². The number of aliphatic imine (C=N–C) groups is 1. The van der Waals surface area contributed by atoms with E-state index in [9.17, 15) is 0 Å². The van der Waals surface area contributed by atoms with Crippen LogP contribution in [-0.4, -0.2) is 55.2 Å². The zero-order valence-corrected chi connectivity index (χ0v) is 17.0. The van der Waals surface area contributed by atoms with E-state index in [0.717, 1.165) is 63.0 Å². The molecule has 2 aromatic heterocycles. The molecule has 1 saturated heterocycles. The summed E-state index contributed by atoms with van der Waals surface area (Å²) >= 11 is 6.26. The molecular formula is C20H28ClN7. The third-order valence-electron chi connectivity index (χ3n) is 4.66. The lowest BCUT2D eigenvalue weighted by Gasteiger charge is -2.20. The topological polar surface area (TPSA) is 77.5 Å². The summed E-state index contributed by atoms with van der Waals surface area (Å²) in [6.07, 6.45) is 6.73. The molecule has 8 heteroatoms. The molecule has 0 aliphatic carbocycles. The van der Waals surface area contributed by atoms with Crippen LogP contribution in [-0.2, 0) is 0 Å². The second-order valence-corrected chi connectivity index (χ2v) is 7.14. The standard InChI is InChI=1S/C20H28ClN7/c1-22-20(26-12-5-4-11-24-18-8-2-3-10-23-18)27-16-9-14-28(15-16)19-17(21)7-6-13-25-19/h2-3,6-8,10,13,16H,4-5,9,11-12,14-15H2,1H3,(H,23,24)(H2,22,26,27). The van der Waals surface area contributed by atoms with Crippen molar-refractivity contribution in [2.45, 2.75) is 25.3 Å². The SMILES string of the molecule is CN=C(NCCCCNc1ccccn1)NC1CCN(c2ncccc2Cl)C1. The molecule has 1 aliphatic heterocycles. The van der Waals surface area contributed by atoms with Crippen LogP contribution in [0.5, 0.6) is 0 Å². The Morgan fingerprint density at radius 1 is 1.18 bits per heavy atom. The van der Waals surface area contributed by atoms with Gasteiger partial charge in [-0.15, -0.1) is 0 Å². The lowest BCUT2D eigenvalue weighted by molar-refractivity contribution is 0.639. The van der Waals surface area contributed by atoms with Gasteiger partial charge in [0.1, 0.15) is 11.6 Å². The minimum atomic E-state index is 0.329.